The third-order valence-corrected chi connectivity index (χ3v) is 6.88. The summed E-state index contributed by atoms with van der Waals surface area (Å²) in [7, 11) is 0. The number of carbonyl (C=O) groups is 1. The van der Waals surface area contributed by atoms with Gasteiger partial charge in [-0.3, -0.25) is 9.59 Å². The van der Waals surface area contributed by atoms with Crippen molar-refractivity contribution in [3.05, 3.63) is 75.2 Å². The Labute approximate surface area is 184 Å². The number of benzene rings is 1. The van der Waals surface area contributed by atoms with E-state index in [-0.39, 0.29) is 28.9 Å². The largest absolute Gasteiger partial charge is 0.353 e. The molecule has 1 amide bonds. The number of aromatic nitrogens is 1. The van der Waals surface area contributed by atoms with Crippen molar-refractivity contribution in [1.29, 1.82) is 0 Å². The van der Waals surface area contributed by atoms with Gasteiger partial charge in [0.25, 0.3) is 5.91 Å². The van der Waals surface area contributed by atoms with Crippen LogP contribution >= 0.6 is 0 Å². The highest BCUT2D eigenvalue weighted by Crippen LogP contribution is 2.42. The van der Waals surface area contributed by atoms with Crippen LogP contribution in [0.25, 0.3) is 5.70 Å². The highest BCUT2D eigenvalue weighted by atomic mass is 19.1. The van der Waals surface area contributed by atoms with E-state index >= 15 is 0 Å². The van der Waals surface area contributed by atoms with Gasteiger partial charge >= 0.3 is 0 Å². The lowest BCUT2D eigenvalue weighted by atomic mass is 10.0. The summed E-state index contributed by atoms with van der Waals surface area (Å²) < 4.78 is 35.4. The minimum Gasteiger partial charge on any atom is -0.353 e. The molecule has 0 unspecified atom stereocenters. The number of halogens is 2. The standard InChI is InChI=1S/C24H25F2N3O3/c1-12-22-14(3)29-16-5-6-17(9-16)32-21(29)11-28(22)10-19(23(12)30)24(31)27-13(2)18-7-4-15(25)8-20(18)26/h4,7-8,10,13,16-17,21H,3,5-6,9,11H2,1-2H3,(H,27,31)/t13-,16+,17-,21-/m1/s1. The molecule has 2 aliphatic heterocycles. The second kappa shape index (κ2) is 7.55. The number of rotatable bonds is 3. The maximum Gasteiger partial charge on any atom is 0.257 e. The van der Waals surface area contributed by atoms with Crippen molar-refractivity contribution < 1.29 is 18.3 Å². The Morgan fingerprint density at radius 2 is 2.09 bits per heavy atom. The summed E-state index contributed by atoms with van der Waals surface area (Å²) in [5.74, 6) is -2.06. The van der Waals surface area contributed by atoms with Crippen LogP contribution in [-0.4, -0.2) is 33.7 Å². The van der Waals surface area contributed by atoms with Crippen LogP contribution in [-0.2, 0) is 11.3 Å². The summed E-state index contributed by atoms with van der Waals surface area (Å²) in [6.07, 6.45) is 4.63. The topological polar surface area (TPSA) is 63.6 Å². The van der Waals surface area contributed by atoms with E-state index in [1.807, 2.05) is 4.57 Å². The molecular formula is C24H25F2N3O3. The van der Waals surface area contributed by atoms with Gasteiger partial charge in [0.1, 0.15) is 23.4 Å². The zero-order valence-electron chi connectivity index (χ0n) is 18.0. The molecule has 3 aliphatic rings. The fourth-order valence-corrected chi connectivity index (χ4v) is 5.33. The van der Waals surface area contributed by atoms with Gasteiger partial charge in [-0.1, -0.05) is 12.6 Å². The van der Waals surface area contributed by atoms with E-state index < -0.39 is 23.6 Å². The molecule has 3 heterocycles. The van der Waals surface area contributed by atoms with Gasteiger partial charge in [0.2, 0.25) is 0 Å². The molecule has 8 heteroatoms. The van der Waals surface area contributed by atoms with E-state index in [1.54, 1.807) is 13.8 Å². The fourth-order valence-electron chi connectivity index (χ4n) is 5.33. The number of hydrogen-bond donors (Lipinski definition) is 1. The number of ether oxygens (including phenoxy) is 1. The minimum absolute atomic E-state index is 0.0272. The van der Waals surface area contributed by atoms with E-state index in [9.17, 15) is 18.4 Å². The van der Waals surface area contributed by atoms with Crippen molar-refractivity contribution in [2.24, 2.45) is 0 Å². The lowest BCUT2D eigenvalue weighted by Gasteiger charge is -2.47. The number of nitrogens with one attached hydrogen (secondary N) is 1. The van der Waals surface area contributed by atoms with Crippen molar-refractivity contribution in [1.82, 2.24) is 14.8 Å². The smallest absolute Gasteiger partial charge is 0.257 e. The van der Waals surface area contributed by atoms with Crippen LogP contribution in [0.4, 0.5) is 8.78 Å². The number of carbonyl (C=O) groups excluding carboxylic acids is 1. The molecule has 6 nitrogen and oxygen atoms in total. The SMILES string of the molecule is C=C1c2c(C)c(=O)c(C(=O)N[C@H](C)c3ccc(F)cc3F)cn2C[C@H]2O[C@@H]3CC[C@@H](C3)N12. The Morgan fingerprint density at radius 3 is 2.84 bits per heavy atom. The molecule has 0 spiro atoms. The van der Waals surface area contributed by atoms with Crippen molar-refractivity contribution in [2.75, 3.05) is 0 Å². The predicted octanol–water partition coefficient (Wildman–Crippen LogP) is 3.49. The van der Waals surface area contributed by atoms with Crippen LogP contribution in [0.5, 0.6) is 0 Å². The van der Waals surface area contributed by atoms with Gasteiger partial charge < -0.3 is 19.5 Å². The first-order chi connectivity index (χ1) is 15.2. The van der Waals surface area contributed by atoms with Crippen LogP contribution in [0.15, 0.2) is 35.8 Å². The normalized spacial score (nSPS) is 24.7. The lowest BCUT2D eigenvalue weighted by Crippen LogP contribution is -2.52. The monoisotopic (exact) mass is 441 g/mol. The van der Waals surface area contributed by atoms with Crippen LogP contribution in [0.3, 0.4) is 0 Å². The van der Waals surface area contributed by atoms with Crippen LogP contribution in [0.2, 0.25) is 0 Å². The average molecular weight is 441 g/mol. The summed E-state index contributed by atoms with van der Waals surface area (Å²) in [5.41, 5.74) is 1.64. The first-order valence-corrected chi connectivity index (χ1v) is 10.9. The third-order valence-electron chi connectivity index (χ3n) is 6.88. The van der Waals surface area contributed by atoms with Crippen molar-refractivity contribution in [2.45, 2.75) is 64.1 Å². The Bertz CT molecular complexity index is 1190. The maximum absolute atomic E-state index is 14.1. The molecule has 0 radical (unpaired) electrons. The highest BCUT2D eigenvalue weighted by Gasteiger charge is 2.44. The number of amides is 1. The molecule has 1 aromatic heterocycles. The zero-order chi connectivity index (χ0) is 22.7. The molecule has 32 heavy (non-hydrogen) atoms. The minimum atomic E-state index is -0.753. The van der Waals surface area contributed by atoms with E-state index in [0.717, 1.165) is 42.8 Å². The summed E-state index contributed by atoms with van der Waals surface area (Å²) in [6.45, 7) is 8.02. The molecule has 2 bridgehead atoms. The first kappa shape index (κ1) is 20.9. The Kier molecular flexibility index (Phi) is 4.93. The molecule has 1 aliphatic carbocycles. The second-order valence-corrected chi connectivity index (χ2v) is 8.89. The molecular weight excluding hydrogens is 416 g/mol. The van der Waals surface area contributed by atoms with Crippen LogP contribution in [0, 0.1) is 18.6 Å². The average Bonchev–Trinajstić information content (AvgIpc) is 3.11. The molecule has 1 N–H and O–H groups in total. The van der Waals surface area contributed by atoms with Gasteiger partial charge in [0.05, 0.1) is 30.1 Å². The Morgan fingerprint density at radius 1 is 1.31 bits per heavy atom. The van der Waals surface area contributed by atoms with Crippen molar-refractivity contribution in [3.63, 3.8) is 0 Å². The van der Waals surface area contributed by atoms with Crippen LogP contribution in [0.1, 0.15) is 59.4 Å². The van der Waals surface area contributed by atoms with E-state index in [1.165, 1.54) is 12.3 Å². The first-order valence-electron chi connectivity index (χ1n) is 10.9. The quantitative estimate of drug-likeness (QED) is 0.792. The fraction of sp³-hybridized carbons (Fsp3) is 0.417. The second-order valence-electron chi connectivity index (χ2n) is 8.89. The molecule has 168 valence electrons. The summed E-state index contributed by atoms with van der Waals surface area (Å²) in [5, 5.41) is 2.66. The Hall–Kier alpha value is -3.00. The Balaban J connectivity index is 1.46. The van der Waals surface area contributed by atoms with Crippen LogP contribution < -0.4 is 10.7 Å². The highest BCUT2D eigenvalue weighted by molar-refractivity contribution is 5.94. The summed E-state index contributed by atoms with van der Waals surface area (Å²) in [4.78, 5) is 28.2. The van der Waals surface area contributed by atoms with Gasteiger partial charge in [-0.15, -0.1) is 0 Å². The van der Waals surface area contributed by atoms with E-state index in [2.05, 4.69) is 16.8 Å². The van der Waals surface area contributed by atoms with Crippen molar-refractivity contribution in [3.8, 4) is 0 Å². The molecule has 1 saturated carbocycles. The molecule has 5 rings (SSSR count). The zero-order valence-corrected chi connectivity index (χ0v) is 18.0. The van der Waals surface area contributed by atoms with E-state index in [4.69, 9.17) is 4.74 Å². The molecule has 2 aromatic rings. The molecule has 1 aromatic carbocycles. The predicted molar refractivity (Wildman–Crippen MR) is 115 cm³/mol. The summed E-state index contributed by atoms with van der Waals surface area (Å²) >= 11 is 0. The van der Waals surface area contributed by atoms with Gasteiger partial charge in [0, 0.05) is 29.4 Å². The number of fused-ring (bicyclic) bond motifs is 5. The lowest BCUT2D eigenvalue weighted by molar-refractivity contribution is -0.125. The molecule has 4 atom stereocenters. The third kappa shape index (κ3) is 3.24. The van der Waals surface area contributed by atoms with Gasteiger partial charge in [-0.25, -0.2) is 8.78 Å². The van der Waals surface area contributed by atoms with Crippen molar-refractivity contribution >= 4 is 11.6 Å². The van der Waals surface area contributed by atoms with E-state index in [0.29, 0.717) is 18.2 Å². The molecule has 1 saturated heterocycles. The maximum atomic E-state index is 14.1. The number of nitrogens with zero attached hydrogens (tertiary/aromatic N) is 2. The van der Waals surface area contributed by atoms with Gasteiger partial charge in [0.15, 0.2) is 5.43 Å². The summed E-state index contributed by atoms with van der Waals surface area (Å²) in [6, 6.07) is 2.81. The van der Waals surface area contributed by atoms with Gasteiger partial charge in [-0.2, -0.15) is 0 Å². The van der Waals surface area contributed by atoms with Gasteiger partial charge in [-0.05, 0) is 39.2 Å². The molecule has 2 fully saturated rings. The number of hydrogen-bond acceptors (Lipinski definition) is 4. The number of pyridine rings is 1.